The van der Waals surface area contributed by atoms with E-state index in [1.54, 1.807) is 16.2 Å². The number of anilines is 1. The van der Waals surface area contributed by atoms with Crippen LogP contribution in [0.25, 0.3) is 0 Å². The van der Waals surface area contributed by atoms with Crippen LogP contribution in [0, 0.1) is 5.92 Å². The molecule has 2 amide bonds. The first-order valence-corrected chi connectivity index (χ1v) is 10.2. The van der Waals surface area contributed by atoms with E-state index in [2.05, 4.69) is 37.6 Å². The number of hydrogen-bond donors (Lipinski definition) is 1. The van der Waals surface area contributed by atoms with E-state index in [1.807, 2.05) is 43.7 Å². The number of nitrogens with one attached hydrogen (secondary N) is 1. The number of carbonyl (C=O) groups excluding carboxylic acids is 2. The molecule has 0 bridgehead atoms. The van der Waals surface area contributed by atoms with E-state index in [0.29, 0.717) is 13.1 Å². The van der Waals surface area contributed by atoms with Crippen LogP contribution in [0.5, 0.6) is 0 Å². The van der Waals surface area contributed by atoms with Crippen molar-refractivity contribution in [1.29, 1.82) is 0 Å². The Hall–Kier alpha value is -1.70. The second-order valence-electron chi connectivity index (χ2n) is 6.64. The highest BCUT2D eigenvalue weighted by atomic mass is 79.9. The van der Waals surface area contributed by atoms with Crippen molar-refractivity contribution in [3.63, 3.8) is 0 Å². The second-order valence-corrected chi connectivity index (χ2v) is 8.27. The van der Waals surface area contributed by atoms with Crippen molar-refractivity contribution >= 4 is 44.8 Å². The molecule has 1 aliphatic heterocycles. The number of likely N-dealkylation sites (N-methyl/N-ethyl adjacent to an activating group) is 1. The number of thiophene rings is 1. The van der Waals surface area contributed by atoms with Crippen LogP contribution in [-0.4, -0.2) is 43.9 Å². The summed E-state index contributed by atoms with van der Waals surface area (Å²) in [5.41, 5.74) is 2.01. The summed E-state index contributed by atoms with van der Waals surface area (Å²) in [7, 11) is 4.00. The molecule has 0 spiro atoms. The smallest absolute Gasteiger partial charge is 0.227 e. The normalized spacial score (nSPS) is 18.4. The zero-order chi connectivity index (χ0) is 18.7. The van der Waals surface area contributed by atoms with Crippen molar-refractivity contribution in [1.82, 2.24) is 10.2 Å². The van der Waals surface area contributed by atoms with Gasteiger partial charge in [-0.15, -0.1) is 0 Å². The van der Waals surface area contributed by atoms with Gasteiger partial charge in [0.25, 0.3) is 0 Å². The molecule has 1 N–H and O–H groups in total. The number of benzene rings is 1. The summed E-state index contributed by atoms with van der Waals surface area (Å²) in [6, 6.07) is 9.80. The van der Waals surface area contributed by atoms with Gasteiger partial charge in [0.05, 0.1) is 17.6 Å². The Kier molecular flexibility index (Phi) is 6.11. The first-order chi connectivity index (χ1) is 12.5. The fraction of sp³-hybridized carbons (Fsp3) is 0.368. The Morgan fingerprint density at radius 3 is 2.81 bits per heavy atom. The van der Waals surface area contributed by atoms with Gasteiger partial charge in [-0.1, -0.05) is 12.1 Å². The second kappa shape index (κ2) is 8.33. The van der Waals surface area contributed by atoms with Gasteiger partial charge < -0.3 is 15.1 Å². The summed E-state index contributed by atoms with van der Waals surface area (Å²) < 4.78 is 0.861. The third-order valence-corrected chi connectivity index (χ3v) is 6.03. The molecule has 1 aliphatic rings. The van der Waals surface area contributed by atoms with E-state index in [9.17, 15) is 9.59 Å². The SMILES string of the molecule is CN(C)C(CNC(=O)C1CC(=O)N(c2ccccc2Br)C1)c1ccsc1. The molecule has 1 fully saturated rings. The number of amides is 2. The lowest BCUT2D eigenvalue weighted by Gasteiger charge is -2.24. The predicted molar refractivity (Wildman–Crippen MR) is 108 cm³/mol. The quantitative estimate of drug-likeness (QED) is 0.757. The molecule has 0 aliphatic carbocycles. The van der Waals surface area contributed by atoms with Crippen molar-refractivity contribution in [3.05, 3.63) is 51.1 Å². The molecule has 2 atom stereocenters. The standard InChI is InChI=1S/C19H22BrN3O2S/c1-22(2)17(13-7-8-26-12-13)10-21-19(25)14-9-18(24)23(11-14)16-6-4-3-5-15(16)20/h3-8,12,14,17H,9-11H2,1-2H3,(H,21,25). The maximum atomic E-state index is 12.6. The van der Waals surface area contributed by atoms with Crippen LogP contribution in [0.2, 0.25) is 0 Å². The van der Waals surface area contributed by atoms with Crippen LogP contribution in [0.4, 0.5) is 5.69 Å². The molecule has 2 unspecified atom stereocenters. The summed E-state index contributed by atoms with van der Waals surface area (Å²) >= 11 is 5.13. The maximum Gasteiger partial charge on any atom is 0.227 e. The molecule has 1 aromatic carbocycles. The molecular formula is C19H22BrN3O2S. The minimum absolute atomic E-state index is 0.0148. The van der Waals surface area contributed by atoms with Gasteiger partial charge in [-0.2, -0.15) is 11.3 Å². The van der Waals surface area contributed by atoms with Gasteiger partial charge in [-0.05, 0) is 64.5 Å². The highest BCUT2D eigenvalue weighted by molar-refractivity contribution is 9.10. The number of halogens is 1. The van der Waals surface area contributed by atoms with E-state index in [0.717, 1.165) is 10.2 Å². The number of nitrogens with zero attached hydrogens (tertiary/aromatic N) is 2. The molecule has 1 saturated heterocycles. The van der Waals surface area contributed by atoms with E-state index in [1.165, 1.54) is 5.56 Å². The van der Waals surface area contributed by atoms with Crippen LogP contribution >= 0.6 is 27.3 Å². The van der Waals surface area contributed by atoms with Crippen LogP contribution in [0.15, 0.2) is 45.6 Å². The molecule has 0 radical (unpaired) electrons. The number of hydrogen-bond acceptors (Lipinski definition) is 4. The topological polar surface area (TPSA) is 52.7 Å². The molecule has 138 valence electrons. The summed E-state index contributed by atoms with van der Waals surface area (Å²) in [5, 5.41) is 7.18. The van der Waals surface area contributed by atoms with E-state index in [4.69, 9.17) is 0 Å². The lowest BCUT2D eigenvalue weighted by atomic mass is 10.1. The monoisotopic (exact) mass is 435 g/mol. The van der Waals surface area contributed by atoms with Crippen LogP contribution in [-0.2, 0) is 9.59 Å². The predicted octanol–water partition coefficient (Wildman–Crippen LogP) is 3.28. The fourth-order valence-electron chi connectivity index (χ4n) is 3.19. The van der Waals surface area contributed by atoms with Crippen molar-refractivity contribution in [3.8, 4) is 0 Å². The first-order valence-electron chi connectivity index (χ1n) is 8.48. The minimum Gasteiger partial charge on any atom is -0.354 e. The van der Waals surface area contributed by atoms with Crippen molar-refractivity contribution < 1.29 is 9.59 Å². The van der Waals surface area contributed by atoms with Crippen molar-refractivity contribution in [2.24, 2.45) is 5.92 Å². The van der Waals surface area contributed by atoms with Crippen molar-refractivity contribution in [2.45, 2.75) is 12.5 Å². The average Bonchev–Trinajstić information content (AvgIpc) is 3.25. The summed E-state index contributed by atoms with van der Waals surface area (Å²) in [5.74, 6) is -0.395. The summed E-state index contributed by atoms with van der Waals surface area (Å²) in [6.07, 6.45) is 0.248. The average molecular weight is 436 g/mol. The number of para-hydroxylation sites is 1. The van der Waals surface area contributed by atoms with E-state index >= 15 is 0 Å². The summed E-state index contributed by atoms with van der Waals surface area (Å²) in [6.45, 7) is 0.945. The van der Waals surface area contributed by atoms with Gasteiger partial charge in [-0.3, -0.25) is 9.59 Å². The zero-order valence-electron chi connectivity index (χ0n) is 14.8. The Morgan fingerprint density at radius 1 is 1.38 bits per heavy atom. The van der Waals surface area contributed by atoms with Gasteiger partial charge >= 0.3 is 0 Å². The number of carbonyl (C=O) groups is 2. The Morgan fingerprint density at radius 2 is 2.15 bits per heavy atom. The molecule has 5 nitrogen and oxygen atoms in total. The van der Waals surface area contributed by atoms with Gasteiger partial charge in [0.2, 0.25) is 11.8 Å². The third-order valence-electron chi connectivity index (χ3n) is 4.66. The molecule has 7 heteroatoms. The largest absolute Gasteiger partial charge is 0.354 e. The van der Waals surface area contributed by atoms with E-state index < -0.39 is 0 Å². The molecule has 2 heterocycles. The zero-order valence-corrected chi connectivity index (χ0v) is 17.2. The Balaban J connectivity index is 1.62. The molecule has 0 saturated carbocycles. The minimum atomic E-state index is -0.320. The summed E-state index contributed by atoms with van der Waals surface area (Å²) in [4.78, 5) is 28.8. The van der Waals surface area contributed by atoms with E-state index in [-0.39, 0.29) is 30.2 Å². The van der Waals surface area contributed by atoms with Crippen LogP contribution in [0.3, 0.4) is 0 Å². The first kappa shape index (κ1) is 19.1. The van der Waals surface area contributed by atoms with Crippen LogP contribution in [0.1, 0.15) is 18.0 Å². The molecule has 3 rings (SSSR count). The van der Waals surface area contributed by atoms with Gasteiger partial charge in [0.1, 0.15) is 0 Å². The van der Waals surface area contributed by atoms with Gasteiger partial charge in [-0.25, -0.2) is 0 Å². The highest BCUT2D eigenvalue weighted by Gasteiger charge is 2.36. The Labute approximate surface area is 166 Å². The third kappa shape index (κ3) is 4.16. The molecule has 1 aromatic heterocycles. The lowest BCUT2D eigenvalue weighted by molar-refractivity contribution is -0.126. The molecule has 2 aromatic rings. The lowest BCUT2D eigenvalue weighted by Crippen LogP contribution is -2.38. The highest BCUT2D eigenvalue weighted by Crippen LogP contribution is 2.31. The number of rotatable bonds is 6. The maximum absolute atomic E-state index is 12.6. The Bertz CT molecular complexity index is 779. The molecule has 26 heavy (non-hydrogen) atoms. The van der Waals surface area contributed by atoms with Crippen LogP contribution < -0.4 is 10.2 Å². The van der Waals surface area contributed by atoms with Gasteiger partial charge in [0, 0.05) is 24.0 Å². The van der Waals surface area contributed by atoms with Crippen molar-refractivity contribution in [2.75, 3.05) is 32.1 Å². The van der Waals surface area contributed by atoms with Gasteiger partial charge in [0.15, 0.2) is 0 Å². The fourth-order valence-corrected chi connectivity index (χ4v) is 4.40. The molecular weight excluding hydrogens is 414 g/mol.